The third kappa shape index (κ3) is 1.51. The van der Waals surface area contributed by atoms with Gasteiger partial charge in [-0.05, 0) is 48.4 Å². The summed E-state index contributed by atoms with van der Waals surface area (Å²) in [6.45, 7) is 0. The summed E-state index contributed by atoms with van der Waals surface area (Å²) in [6, 6.07) is 3.48. The fraction of sp³-hybridized carbons (Fsp3) is 0.412. The van der Waals surface area contributed by atoms with E-state index in [2.05, 4.69) is 9.97 Å². The molecule has 3 nitrogen and oxygen atoms in total. The van der Waals surface area contributed by atoms with E-state index in [1.165, 1.54) is 0 Å². The molecule has 23 heavy (non-hydrogen) atoms. The first kappa shape index (κ1) is 13.3. The van der Waals surface area contributed by atoms with Gasteiger partial charge in [-0.2, -0.15) is 13.2 Å². The van der Waals surface area contributed by atoms with Crippen LogP contribution in [0.4, 0.5) is 13.2 Å². The number of imidazole rings is 1. The summed E-state index contributed by atoms with van der Waals surface area (Å²) < 4.78 is 40.9. The molecule has 2 aromatic rings. The molecule has 3 aliphatic rings. The number of carbonyl (C=O) groups excluding carboxylic acids is 1. The van der Waals surface area contributed by atoms with Gasteiger partial charge in [0.05, 0.1) is 17.4 Å². The Bertz CT molecular complexity index is 908. The highest BCUT2D eigenvalue weighted by Crippen LogP contribution is 2.64. The topological polar surface area (TPSA) is 45.8 Å². The highest BCUT2D eigenvalue weighted by molar-refractivity contribution is 6.10. The normalized spacial score (nSPS) is 29.3. The number of fused-ring (bicyclic) bond motifs is 5. The Morgan fingerprint density at radius 3 is 2.91 bits per heavy atom. The Morgan fingerprint density at radius 2 is 2.13 bits per heavy atom. The van der Waals surface area contributed by atoms with Crippen molar-refractivity contribution in [2.45, 2.75) is 31.9 Å². The number of benzene rings is 1. The largest absolute Gasteiger partial charge is 0.420 e. The number of hydrogen-bond acceptors (Lipinski definition) is 2. The SMILES string of the molecule is O=C1C(C(F)(F)F)=C2c3ccc4[nH]cnc4c3C[C@@]23CCC1C3. The van der Waals surface area contributed by atoms with E-state index < -0.39 is 28.9 Å². The molecule has 0 amide bonds. The van der Waals surface area contributed by atoms with Crippen molar-refractivity contribution in [3.05, 3.63) is 35.2 Å². The lowest BCUT2D eigenvalue weighted by molar-refractivity contribution is -0.132. The number of hydrogen-bond donors (Lipinski definition) is 1. The Kier molecular flexibility index (Phi) is 2.24. The fourth-order valence-corrected chi connectivity index (χ4v) is 4.94. The summed E-state index contributed by atoms with van der Waals surface area (Å²) in [5.41, 5.74) is 1.80. The number of aromatic nitrogens is 2. The molecule has 0 saturated heterocycles. The van der Waals surface area contributed by atoms with E-state index >= 15 is 0 Å². The van der Waals surface area contributed by atoms with Gasteiger partial charge in [-0.1, -0.05) is 6.07 Å². The lowest BCUT2D eigenvalue weighted by Crippen LogP contribution is -2.34. The monoisotopic (exact) mass is 318 g/mol. The van der Waals surface area contributed by atoms with Crippen LogP contribution < -0.4 is 0 Å². The summed E-state index contributed by atoms with van der Waals surface area (Å²) in [4.78, 5) is 19.7. The summed E-state index contributed by atoms with van der Waals surface area (Å²) in [6.07, 6.45) is -0.724. The smallest absolute Gasteiger partial charge is 0.345 e. The molecular weight excluding hydrogens is 305 g/mol. The van der Waals surface area contributed by atoms with Gasteiger partial charge >= 0.3 is 6.18 Å². The molecule has 1 saturated carbocycles. The predicted octanol–water partition coefficient (Wildman–Crippen LogP) is 3.80. The quantitative estimate of drug-likeness (QED) is 0.803. The molecule has 2 bridgehead atoms. The number of nitrogens with one attached hydrogen (secondary N) is 1. The van der Waals surface area contributed by atoms with Crippen molar-refractivity contribution in [2.75, 3.05) is 0 Å². The number of allylic oxidation sites excluding steroid dienone is 2. The average molecular weight is 318 g/mol. The highest BCUT2D eigenvalue weighted by Gasteiger charge is 2.59. The van der Waals surface area contributed by atoms with Crippen LogP contribution in [0, 0.1) is 11.3 Å². The minimum absolute atomic E-state index is 0.239. The van der Waals surface area contributed by atoms with E-state index in [1.54, 1.807) is 18.5 Å². The zero-order valence-corrected chi connectivity index (χ0v) is 12.1. The second-order valence-electron chi connectivity index (χ2n) is 6.90. The van der Waals surface area contributed by atoms with Crippen molar-refractivity contribution >= 4 is 22.4 Å². The van der Waals surface area contributed by atoms with Crippen molar-refractivity contribution in [1.82, 2.24) is 9.97 Å². The van der Waals surface area contributed by atoms with Gasteiger partial charge in [0, 0.05) is 11.3 Å². The summed E-state index contributed by atoms with van der Waals surface area (Å²) in [7, 11) is 0. The van der Waals surface area contributed by atoms with Crippen LogP contribution in [0.2, 0.25) is 0 Å². The molecule has 2 atom stereocenters. The van der Waals surface area contributed by atoms with Crippen LogP contribution in [0.1, 0.15) is 30.4 Å². The second-order valence-corrected chi connectivity index (χ2v) is 6.90. The molecule has 1 unspecified atom stereocenters. The number of ketones is 1. The zero-order valence-electron chi connectivity index (χ0n) is 12.1. The minimum atomic E-state index is -4.59. The van der Waals surface area contributed by atoms with Gasteiger partial charge in [0.25, 0.3) is 0 Å². The molecule has 118 valence electrons. The molecule has 6 heteroatoms. The summed E-state index contributed by atoms with van der Waals surface area (Å²) in [5, 5.41) is 0. The van der Waals surface area contributed by atoms with E-state index in [-0.39, 0.29) is 5.57 Å². The Labute approximate surface area is 129 Å². The van der Waals surface area contributed by atoms with Crippen LogP contribution in [0.3, 0.4) is 0 Å². The molecule has 1 N–H and O–H groups in total. The number of nitrogens with zero attached hydrogens (tertiary/aromatic N) is 1. The van der Waals surface area contributed by atoms with Crippen LogP contribution >= 0.6 is 0 Å². The Morgan fingerprint density at radius 1 is 1.30 bits per heavy atom. The first-order valence-corrected chi connectivity index (χ1v) is 7.72. The third-order valence-electron chi connectivity index (χ3n) is 5.77. The van der Waals surface area contributed by atoms with Crippen molar-refractivity contribution in [3.8, 4) is 0 Å². The lowest BCUT2D eigenvalue weighted by atomic mass is 9.71. The average Bonchev–Trinajstić information content (AvgIpc) is 3.15. The van der Waals surface area contributed by atoms with Crippen LogP contribution in [-0.4, -0.2) is 21.9 Å². The number of Topliss-reactive ketones (excluding diaryl/α,β-unsaturated/α-hetero) is 1. The van der Waals surface area contributed by atoms with Gasteiger partial charge in [-0.15, -0.1) is 0 Å². The number of alkyl halides is 3. The molecule has 1 heterocycles. The van der Waals surface area contributed by atoms with Gasteiger partial charge in [-0.25, -0.2) is 4.98 Å². The van der Waals surface area contributed by atoms with E-state index in [1.807, 2.05) is 0 Å². The molecule has 0 radical (unpaired) electrons. The van der Waals surface area contributed by atoms with E-state index in [0.29, 0.717) is 31.2 Å². The molecule has 1 aromatic heterocycles. The maximum atomic E-state index is 13.6. The highest BCUT2D eigenvalue weighted by atomic mass is 19.4. The number of aromatic amines is 1. The van der Waals surface area contributed by atoms with Crippen LogP contribution in [-0.2, 0) is 11.2 Å². The lowest BCUT2D eigenvalue weighted by Gasteiger charge is -2.33. The molecule has 3 aliphatic carbocycles. The van der Waals surface area contributed by atoms with Gasteiger partial charge in [0.1, 0.15) is 5.57 Å². The molecule has 1 fully saturated rings. The molecule has 0 aliphatic heterocycles. The fourth-order valence-electron chi connectivity index (χ4n) is 4.94. The van der Waals surface area contributed by atoms with Gasteiger partial charge in [0.15, 0.2) is 5.78 Å². The molecule has 1 aromatic carbocycles. The standard InChI is InChI=1S/C17H13F3N2O/c18-17(19,20)13-12-9-1-2-11-14(22-7-21-11)10(9)6-16(12)4-3-8(5-16)15(13)23/h1-2,7-8H,3-6H2,(H,21,22)/t8?,16-/m0/s1. The van der Waals surface area contributed by atoms with E-state index in [9.17, 15) is 18.0 Å². The number of H-pyrrole nitrogens is 1. The number of rotatable bonds is 0. The molecule has 5 rings (SSSR count). The Hall–Kier alpha value is -2.11. The van der Waals surface area contributed by atoms with Gasteiger partial charge in [0.2, 0.25) is 0 Å². The summed E-state index contributed by atoms with van der Waals surface area (Å²) >= 11 is 0. The first-order chi connectivity index (χ1) is 10.9. The first-order valence-electron chi connectivity index (χ1n) is 7.72. The molecular formula is C17H13F3N2O. The second kappa shape index (κ2) is 3.86. The van der Waals surface area contributed by atoms with Crippen molar-refractivity contribution in [2.24, 2.45) is 11.3 Å². The van der Waals surface area contributed by atoms with Crippen LogP contribution in [0.15, 0.2) is 24.0 Å². The number of halogens is 3. The maximum absolute atomic E-state index is 13.6. The van der Waals surface area contributed by atoms with Gasteiger partial charge in [-0.3, -0.25) is 4.79 Å². The minimum Gasteiger partial charge on any atom is -0.345 e. The maximum Gasteiger partial charge on any atom is 0.420 e. The predicted molar refractivity (Wildman–Crippen MR) is 77.6 cm³/mol. The summed E-state index contributed by atoms with van der Waals surface area (Å²) in [5.74, 6) is -1.19. The van der Waals surface area contributed by atoms with Gasteiger partial charge < -0.3 is 4.98 Å². The Balaban J connectivity index is 1.89. The third-order valence-corrected chi connectivity index (χ3v) is 5.77. The van der Waals surface area contributed by atoms with E-state index in [4.69, 9.17) is 0 Å². The van der Waals surface area contributed by atoms with E-state index in [0.717, 1.165) is 16.6 Å². The van der Waals surface area contributed by atoms with Crippen LogP contribution in [0.5, 0.6) is 0 Å². The van der Waals surface area contributed by atoms with Crippen molar-refractivity contribution < 1.29 is 18.0 Å². The molecule has 1 spiro atoms. The van der Waals surface area contributed by atoms with Crippen molar-refractivity contribution in [3.63, 3.8) is 0 Å². The van der Waals surface area contributed by atoms with Crippen molar-refractivity contribution in [1.29, 1.82) is 0 Å². The van der Waals surface area contributed by atoms with Crippen LogP contribution in [0.25, 0.3) is 16.6 Å². The number of carbonyl (C=O) groups is 1. The zero-order chi connectivity index (χ0) is 16.0.